The van der Waals surface area contributed by atoms with Crippen LogP contribution in [0.1, 0.15) is 122 Å². The lowest BCUT2D eigenvalue weighted by molar-refractivity contribution is -0.155. The normalized spacial score (nSPS) is 32.1. The quantitative estimate of drug-likeness (QED) is 0.309. The Morgan fingerprint density at radius 2 is 0.418 bits per heavy atom. The number of carbonyl (C=O) groups is 10. The number of primary amides is 1. The third-order valence-corrected chi connectivity index (χ3v) is 16.6. The maximum absolute atomic E-state index is 14.6. The third kappa shape index (κ3) is 8.52. The summed E-state index contributed by atoms with van der Waals surface area (Å²) in [6.07, 6.45) is 9.73. The molecule has 6 unspecified atom stereocenters. The minimum Gasteiger partial charge on any atom is -0.368 e. The minimum absolute atomic E-state index is 0.164. The number of rotatable bonds is 9. The van der Waals surface area contributed by atoms with Crippen LogP contribution in [0.5, 0.6) is 0 Å². The zero-order chi connectivity index (χ0) is 47.3. The zero-order valence-corrected chi connectivity index (χ0v) is 39.0. The highest BCUT2D eigenvalue weighted by atomic mass is 16.2. The summed E-state index contributed by atoms with van der Waals surface area (Å²) in [5.74, 6) is -3.01. The second-order valence-corrected chi connectivity index (χ2v) is 20.3. The van der Waals surface area contributed by atoms with Crippen LogP contribution in [0, 0.1) is 0 Å². The van der Waals surface area contributed by atoms with E-state index >= 15 is 0 Å². The number of amides is 10. The summed E-state index contributed by atoms with van der Waals surface area (Å²) in [7, 11) is 0. The van der Waals surface area contributed by atoms with Crippen LogP contribution in [-0.4, -0.2) is 216 Å². The summed E-state index contributed by atoms with van der Waals surface area (Å²) in [5, 5.41) is 0. The van der Waals surface area contributed by atoms with Gasteiger partial charge in [-0.2, -0.15) is 0 Å². The van der Waals surface area contributed by atoms with Gasteiger partial charge in [-0.25, -0.2) is 0 Å². The van der Waals surface area contributed by atoms with E-state index in [9.17, 15) is 47.9 Å². The first-order valence-electron chi connectivity index (χ1n) is 25.3. The van der Waals surface area contributed by atoms with E-state index in [1.54, 1.807) is 39.2 Å². The summed E-state index contributed by atoms with van der Waals surface area (Å²) in [6.45, 7) is 4.87. The van der Waals surface area contributed by atoms with Gasteiger partial charge in [-0.1, -0.05) is 0 Å². The van der Waals surface area contributed by atoms with Gasteiger partial charge in [0, 0.05) is 65.8 Å². The smallest absolute Gasteiger partial charge is 0.246 e. The molecule has 9 rings (SSSR count). The number of hydrogen-bond acceptors (Lipinski definition) is 10. The molecule has 20 nitrogen and oxygen atoms in total. The fraction of sp³-hybridized carbons (Fsp3) is 0.787. The van der Waals surface area contributed by atoms with E-state index in [-0.39, 0.29) is 53.2 Å². The van der Waals surface area contributed by atoms with Crippen molar-refractivity contribution < 1.29 is 47.9 Å². The molecule has 0 aromatic carbocycles. The van der Waals surface area contributed by atoms with Gasteiger partial charge in [0.05, 0.1) is 0 Å². The van der Waals surface area contributed by atoms with Crippen molar-refractivity contribution in [2.24, 2.45) is 5.73 Å². The summed E-state index contributed by atoms with van der Waals surface area (Å²) in [4.78, 5) is 153. The molecule has 9 saturated heterocycles. The average Bonchev–Trinajstić information content (AvgIpc) is 4.19. The van der Waals surface area contributed by atoms with E-state index in [1.807, 2.05) is 0 Å². The van der Waals surface area contributed by atoms with Crippen molar-refractivity contribution in [2.75, 3.05) is 58.9 Å². The van der Waals surface area contributed by atoms with Gasteiger partial charge in [-0.15, -0.1) is 0 Å². The molecule has 0 bridgehead atoms. The van der Waals surface area contributed by atoms with Gasteiger partial charge < -0.3 is 49.8 Å². The minimum atomic E-state index is -0.810. The molecule has 9 heterocycles. The monoisotopic (exact) mass is 933 g/mol. The molecule has 10 amide bonds. The van der Waals surface area contributed by atoms with E-state index < -0.39 is 60.3 Å². The molecule has 0 radical (unpaired) electrons. The molecular weight excluding hydrogens is 865 g/mol. The highest BCUT2D eigenvalue weighted by Crippen LogP contribution is 2.35. The van der Waals surface area contributed by atoms with E-state index in [0.717, 1.165) is 6.42 Å². The van der Waals surface area contributed by atoms with Crippen LogP contribution in [0.3, 0.4) is 0 Å². The molecule has 0 spiro atoms. The standard InChI is InChI=1S/C47H68N10O10/c1-29(58)49-20-3-12-31(49)40(60)51-22-5-14-33(51)42(62)53-24-7-16-35(53)44(64)55-26-9-18-37(55)46(66)57-28-10-19-38(57)47(67)56-27-8-17-36(56)45(65)54-25-6-15-34(54)43(63)52-23-4-13-32(52)41(61)50-21-2-11-30(50)39(48)59/h30-38H,2-28H2,1H3,(H2,48,59)/t30?,31-,32-,33-,34?,35?,36?,37?,38?/m0/s1. The molecule has 0 aromatic rings. The Labute approximate surface area is 391 Å². The van der Waals surface area contributed by atoms with Gasteiger partial charge in [0.25, 0.3) is 0 Å². The van der Waals surface area contributed by atoms with E-state index in [1.165, 1.54) is 11.8 Å². The Morgan fingerprint density at radius 1 is 0.269 bits per heavy atom. The summed E-state index contributed by atoms with van der Waals surface area (Å²) in [6, 6.07) is -6.68. The third-order valence-electron chi connectivity index (χ3n) is 16.6. The van der Waals surface area contributed by atoms with Crippen LogP contribution in [-0.2, 0) is 47.9 Å². The topological polar surface area (TPSA) is 226 Å². The molecular formula is C47H68N10O10. The van der Waals surface area contributed by atoms with Gasteiger partial charge in [-0.3, -0.25) is 47.9 Å². The highest BCUT2D eigenvalue weighted by molar-refractivity contribution is 5.99. The Kier molecular flexibility index (Phi) is 13.5. The summed E-state index contributed by atoms with van der Waals surface area (Å²) in [5.41, 5.74) is 5.61. The zero-order valence-electron chi connectivity index (χ0n) is 39.0. The van der Waals surface area contributed by atoms with Crippen molar-refractivity contribution in [3.8, 4) is 0 Å². The number of nitrogens with zero attached hydrogens (tertiary/aromatic N) is 9. The fourth-order valence-corrected chi connectivity index (χ4v) is 13.3. The number of nitrogens with two attached hydrogens (primary N) is 1. The average molecular weight is 933 g/mol. The van der Waals surface area contributed by atoms with Crippen LogP contribution >= 0.6 is 0 Å². The Morgan fingerprint density at radius 3 is 0.597 bits per heavy atom. The van der Waals surface area contributed by atoms with Gasteiger partial charge >= 0.3 is 0 Å². The van der Waals surface area contributed by atoms with Crippen molar-refractivity contribution in [3.05, 3.63) is 0 Å². The molecule has 9 fully saturated rings. The first kappa shape index (κ1) is 46.8. The maximum atomic E-state index is 14.6. The van der Waals surface area contributed by atoms with Gasteiger partial charge in [0.2, 0.25) is 59.1 Å². The van der Waals surface area contributed by atoms with Crippen molar-refractivity contribution in [3.63, 3.8) is 0 Å². The molecule has 9 aliphatic rings. The molecule has 0 saturated carbocycles. The van der Waals surface area contributed by atoms with Gasteiger partial charge in [-0.05, 0) is 116 Å². The maximum Gasteiger partial charge on any atom is 0.246 e. The van der Waals surface area contributed by atoms with Crippen molar-refractivity contribution in [1.82, 2.24) is 44.1 Å². The largest absolute Gasteiger partial charge is 0.368 e. The van der Waals surface area contributed by atoms with Crippen LogP contribution in [0.4, 0.5) is 0 Å². The second-order valence-electron chi connectivity index (χ2n) is 20.3. The number of hydrogen-bond donors (Lipinski definition) is 1. The van der Waals surface area contributed by atoms with Crippen molar-refractivity contribution >= 4 is 59.1 Å². The fourth-order valence-electron chi connectivity index (χ4n) is 13.3. The molecule has 0 aliphatic carbocycles. The predicted octanol–water partition coefficient (Wildman–Crippen LogP) is -0.589. The van der Waals surface area contributed by atoms with E-state index in [4.69, 9.17) is 5.73 Å². The van der Waals surface area contributed by atoms with E-state index in [0.29, 0.717) is 168 Å². The molecule has 0 aromatic heterocycles. The molecule has 9 atom stereocenters. The van der Waals surface area contributed by atoms with E-state index in [2.05, 4.69) is 0 Å². The molecule has 20 heteroatoms. The van der Waals surface area contributed by atoms with Crippen molar-refractivity contribution in [2.45, 2.75) is 177 Å². The molecule has 67 heavy (non-hydrogen) atoms. The van der Waals surface area contributed by atoms with Crippen LogP contribution in [0.15, 0.2) is 0 Å². The molecule has 2 N–H and O–H groups in total. The lowest BCUT2D eigenvalue weighted by Gasteiger charge is -2.37. The Hall–Kier alpha value is -5.30. The van der Waals surface area contributed by atoms with Crippen LogP contribution in [0.2, 0.25) is 0 Å². The second kappa shape index (κ2) is 19.4. The highest BCUT2D eigenvalue weighted by Gasteiger charge is 2.52. The Bertz CT molecular complexity index is 1910. The Balaban J connectivity index is 0.835. The van der Waals surface area contributed by atoms with Crippen LogP contribution in [0.25, 0.3) is 0 Å². The SMILES string of the molecule is CC(=O)N1CCC[C@H]1C(=O)N1CCC[C@H]1C(=O)N1CCCC1C(=O)N1CCCC1C(=O)N1CCCC1C(=O)N1CCCC1C(=O)N1CCCC1C(=O)N1CCC[C@H]1C(=O)N1CCCC1C(N)=O. The molecule has 366 valence electrons. The first-order chi connectivity index (χ1) is 32.3. The van der Waals surface area contributed by atoms with Gasteiger partial charge in [0.15, 0.2) is 0 Å². The predicted molar refractivity (Wildman–Crippen MR) is 237 cm³/mol. The van der Waals surface area contributed by atoms with Gasteiger partial charge in [0.1, 0.15) is 54.4 Å². The van der Waals surface area contributed by atoms with Crippen molar-refractivity contribution in [1.29, 1.82) is 0 Å². The number of likely N-dealkylation sites (tertiary alicyclic amines) is 9. The van der Waals surface area contributed by atoms with Crippen LogP contribution < -0.4 is 5.73 Å². The summed E-state index contributed by atoms with van der Waals surface area (Å²) >= 11 is 0. The lowest BCUT2D eigenvalue weighted by Crippen LogP contribution is -2.59. The lowest BCUT2D eigenvalue weighted by atomic mass is 10.1. The molecule has 9 aliphatic heterocycles. The number of carbonyl (C=O) groups excluding carboxylic acids is 10. The first-order valence-corrected chi connectivity index (χ1v) is 25.3. The summed E-state index contributed by atoms with van der Waals surface area (Å²) < 4.78 is 0.